The number of carbonyl (C=O) groups is 1. The molecule has 10 nitrogen and oxygen atoms in total. The third-order valence-corrected chi connectivity index (χ3v) is 5.35. The van der Waals surface area contributed by atoms with Gasteiger partial charge in [-0.3, -0.25) is 10.1 Å². The SMILES string of the molecule is [2H]C([2H])([2H])N1/C(=N/C(=O)OC(C)(C)C)N[C@](C)(c2cc([N+](=O)[O-])ccc2F)CS1(=O)=O. The van der Waals surface area contributed by atoms with Crippen LogP contribution in [-0.2, 0) is 20.3 Å². The summed E-state index contributed by atoms with van der Waals surface area (Å²) in [6.45, 7) is 2.46. The molecule has 1 N–H and O–H groups in total. The van der Waals surface area contributed by atoms with Gasteiger partial charge in [0.2, 0.25) is 16.0 Å². The summed E-state index contributed by atoms with van der Waals surface area (Å²) < 4.78 is 67.8. The lowest BCUT2D eigenvalue weighted by Crippen LogP contribution is -2.61. The summed E-state index contributed by atoms with van der Waals surface area (Å²) >= 11 is 0. The second-order valence-electron chi connectivity index (χ2n) is 7.31. The summed E-state index contributed by atoms with van der Waals surface area (Å²) in [7, 11) is -4.69. The smallest absolute Gasteiger partial charge is 0.437 e. The first-order valence-electron chi connectivity index (χ1n) is 9.43. The third kappa shape index (κ3) is 4.55. The largest absolute Gasteiger partial charge is 0.442 e. The lowest BCUT2D eigenvalue weighted by molar-refractivity contribution is -0.385. The molecule has 1 aliphatic heterocycles. The van der Waals surface area contributed by atoms with E-state index in [1.807, 2.05) is 0 Å². The number of halogens is 1. The highest BCUT2D eigenvalue weighted by Gasteiger charge is 2.44. The van der Waals surface area contributed by atoms with Gasteiger partial charge in [0.25, 0.3) is 5.69 Å². The number of benzene rings is 1. The van der Waals surface area contributed by atoms with Crippen molar-refractivity contribution in [3.05, 3.63) is 39.7 Å². The fourth-order valence-corrected chi connectivity index (χ4v) is 3.97. The summed E-state index contributed by atoms with van der Waals surface area (Å²) in [4.78, 5) is 25.9. The Morgan fingerprint density at radius 2 is 2.14 bits per heavy atom. The Morgan fingerprint density at radius 1 is 1.50 bits per heavy atom. The Labute approximate surface area is 165 Å². The van der Waals surface area contributed by atoms with Crippen molar-refractivity contribution in [2.45, 2.75) is 38.8 Å². The number of hydrogen-bond acceptors (Lipinski definition) is 6. The fraction of sp³-hybridized carbons (Fsp3) is 0.500. The standard InChI is InChI=1S/C16H21FN4O6S/c1-15(2,3)27-14(22)18-13-19-16(4,9-28(25,26)20(13)5)11-8-10(21(23)24)6-7-12(11)17/h6-8H,9H2,1-5H3,(H,18,19,22)/t16-/m0/s1/i5D3. The number of nitrogens with one attached hydrogen (secondary N) is 1. The number of nitro groups is 1. The van der Waals surface area contributed by atoms with Gasteiger partial charge < -0.3 is 10.1 Å². The Kier molecular flexibility index (Phi) is 4.34. The highest BCUT2D eigenvalue weighted by Crippen LogP contribution is 2.32. The number of guanidine groups is 1. The molecule has 0 aliphatic carbocycles. The zero-order chi connectivity index (χ0) is 24.0. The minimum atomic E-state index is -4.69. The number of ether oxygens (including phenoxy) is 1. The predicted molar refractivity (Wildman–Crippen MR) is 98.8 cm³/mol. The quantitative estimate of drug-likeness (QED) is 0.573. The molecule has 0 saturated carbocycles. The van der Waals surface area contributed by atoms with E-state index in [1.165, 1.54) is 27.7 Å². The Morgan fingerprint density at radius 3 is 2.68 bits per heavy atom. The molecule has 1 fully saturated rings. The van der Waals surface area contributed by atoms with Crippen LogP contribution in [0.3, 0.4) is 0 Å². The average Bonchev–Trinajstić information content (AvgIpc) is 2.49. The maximum absolute atomic E-state index is 14.5. The van der Waals surface area contributed by atoms with Gasteiger partial charge in [-0.1, -0.05) is 0 Å². The van der Waals surface area contributed by atoms with Crippen molar-refractivity contribution >= 4 is 27.8 Å². The molecule has 2 rings (SSSR count). The van der Waals surface area contributed by atoms with Crippen LogP contribution in [0, 0.1) is 15.9 Å². The van der Waals surface area contributed by atoms with Gasteiger partial charge in [0.05, 0.1) is 16.2 Å². The van der Waals surface area contributed by atoms with Gasteiger partial charge in [-0.15, -0.1) is 4.99 Å². The molecule has 0 unspecified atom stereocenters. The maximum atomic E-state index is 14.5. The summed E-state index contributed by atoms with van der Waals surface area (Å²) in [5.41, 5.74) is -3.85. The highest BCUT2D eigenvalue weighted by atomic mass is 32.2. The Hall–Kier alpha value is -2.76. The average molecular weight is 419 g/mol. The fourth-order valence-electron chi connectivity index (χ4n) is 2.53. The van der Waals surface area contributed by atoms with Crippen LogP contribution in [0.1, 0.15) is 37.4 Å². The molecule has 1 atom stereocenters. The summed E-state index contributed by atoms with van der Waals surface area (Å²) in [6, 6.07) is 2.51. The van der Waals surface area contributed by atoms with Crippen molar-refractivity contribution in [2.75, 3.05) is 12.7 Å². The topological polar surface area (TPSA) is 131 Å². The van der Waals surface area contributed by atoms with E-state index in [4.69, 9.17) is 8.85 Å². The monoisotopic (exact) mass is 419 g/mol. The van der Waals surface area contributed by atoms with Crippen LogP contribution in [0.25, 0.3) is 0 Å². The Bertz CT molecular complexity index is 1050. The number of amides is 1. The van der Waals surface area contributed by atoms with Gasteiger partial charge in [-0.2, -0.15) is 0 Å². The van der Waals surface area contributed by atoms with Gasteiger partial charge >= 0.3 is 6.09 Å². The second kappa shape index (κ2) is 7.00. The molecule has 0 aromatic heterocycles. The summed E-state index contributed by atoms with van der Waals surface area (Å²) in [5, 5.41) is 13.5. The van der Waals surface area contributed by atoms with E-state index in [9.17, 15) is 27.7 Å². The van der Waals surface area contributed by atoms with Crippen molar-refractivity contribution in [1.29, 1.82) is 0 Å². The van der Waals surface area contributed by atoms with E-state index in [0.29, 0.717) is 0 Å². The van der Waals surface area contributed by atoms with Gasteiger partial charge in [-0.05, 0) is 33.8 Å². The van der Waals surface area contributed by atoms with Crippen LogP contribution in [0.15, 0.2) is 23.2 Å². The zero-order valence-corrected chi connectivity index (χ0v) is 16.3. The van der Waals surface area contributed by atoms with Crippen LogP contribution < -0.4 is 5.32 Å². The molecule has 1 aliphatic rings. The minimum Gasteiger partial charge on any atom is -0.442 e. The lowest BCUT2D eigenvalue weighted by Gasteiger charge is -2.40. The van der Waals surface area contributed by atoms with E-state index in [-0.39, 0.29) is 4.31 Å². The zero-order valence-electron chi connectivity index (χ0n) is 18.5. The number of non-ortho nitro benzene ring substituents is 1. The number of carbonyl (C=O) groups excluding carboxylic acids is 1. The van der Waals surface area contributed by atoms with Gasteiger partial charge in [0.1, 0.15) is 11.4 Å². The molecule has 28 heavy (non-hydrogen) atoms. The van der Waals surface area contributed by atoms with Crippen molar-refractivity contribution in [1.82, 2.24) is 9.62 Å². The molecule has 0 radical (unpaired) electrons. The molecule has 0 bridgehead atoms. The first-order chi connectivity index (χ1) is 13.9. The molecule has 1 heterocycles. The molecule has 1 saturated heterocycles. The number of nitro benzene ring substituents is 1. The summed E-state index contributed by atoms with van der Waals surface area (Å²) in [6.07, 6.45) is -1.29. The molecule has 1 amide bonds. The number of nitrogens with zero attached hydrogens (tertiary/aromatic N) is 3. The van der Waals surface area contributed by atoms with Gasteiger partial charge in [0, 0.05) is 28.8 Å². The number of hydrogen-bond donors (Lipinski definition) is 1. The van der Waals surface area contributed by atoms with Crippen molar-refractivity contribution in [3.63, 3.8) is 0 Å². The van der Waals surface area contributed by atoms with Crippen LogP contribution in [-0.4, -0.2) is 48.0 Å². The highest BCUT2D eigenvalue weighted by molar-refractivity contribution is 7.89. The molecular formula is C16H21FN4O6S. The van der Waals surface area contributed by atoms with E-state index < -0.39 is 67.9 Å². The normalized spacial score (nSPS) is 25.2. The first kappa shape index (κ1) is 17.3. The Balaban J connectivity index is 2.67. The maximum Gasteiger partial charge on any atom is 0.437 e. The van der Waals surface area contributed by atoms with Crippen LogP contribution in [0.2, 0.25) is 0 Å². The second-order valence-corrected chi connectivity index (χ2v) is 9.13. The van der Waals surface area contributed by atoms with Crippen LogP contribution in [0.5, 0.6) is 0 Å². The molecule has 0 spiro atoms. The molecular weight excluding hydrogens is 395 g/mol. The minimum absolute atomic E-state index is 0.0685. The van der Waals surface area contributed by atoms with Crippen LogP contribution in [0.4, 0.5) is 14.9 Å². The number of rotatable bonds is 2. The van der Waals surface area contributed by atoms with Crippen molar-refractivity contribution in [3.8, 4) is 0 Å². The lowest BCUT2D eigenvalue weighted by atomic mass is 9.93. The molecule has 154 valence electrons. The van der Waals surface area contributed by atoms with Crippen molar-refractivity contribution < 1.29 is 31.4 Å². The van der Waals surface area contributed by atoms with Gasteiger partial charge in [-0.25, -0.2) is 21.9 Å². The van der Waals surface area contributed by atoms with Gasteiger partial charge in [0.15, 0.2) is 0 Å². The molecule has 12 heteroatoms. The molecule has 1 aromatic carbocycles. The third-order valence-electron chi connectivity index (χ3n) is 3.68. The number of sulfonamides is 1. The summed E-state index contributed by atoms with van der Waals surface area (Å²) in [5.74, 6) is -2.88. The van der Waals surface area contributed by atoms with Crippen molar-refractivity contribution in [2.24, 2.45) is 4.99 Å². The molecule has 1 aromatic rings. The van der Waals surface area contributed by atoms with E-state index in [0.717, 1.165) is 18.2 Å². The van der Waals surface area contributed by atoms with E-state index in [1.54, 1.807) is 0 Å². The predicted octanol–water partition coefficient (Wildman–Crippen LogP) is 2.10. The van der Waals surface area contributed by atoms with E-state index in [2.05, 4.69) is 10.3 Å². The number of aliphatic imine (C=N–C) groups is 1. The van der Waals surface area contributed by atoms with E-state index >= 15 is 0 Å². The first-order valence-corrected chi connectivity index (χ1v) is 9.54. The van der Waals surface area contributed by atoms with Crippen LogP contribution >= 0.6 is 0 Å².